The van der Waals surface area contributed by atoms with E-state index < -0.39 is 11.4 Å². The summed E-state index contributed by atoms with van der Waals surface area (Å²) in [5.41, 5.74) is 0.681. The number of benzene rings is 2. The zero-order chi connectivity index (χ0) is 26.7. The highest BCUT2D eigenvalue weighted by molar-refractivity contribution is 5.88. The Bertz CT molecular complexity index is 1430. The molecule has 198 valence electrons. The second-order valence-electron chi connectivity index (χ2n) is 10.0. The number of carbonyl (C=O) groups is 1. The van der Waals surface area contributed by atoms with Crippen molar-refractivity contribution in [2.75, 3.05) is 29.9 Å². The summed E-state index contributed by atoms with van der Waals surface area (Å²) in [4.78, 5) is 26.4. The number of ether oxygens (including phenoxy) is 2. The smallest absolute Gasteiger partial charge is 0.313 e. The zero-order valence-corrected chi connectivity index (χ0v) is 21.9. The van der Waals surface area contributed by atoms with Gasteiger partial charge < -0.3 is 29.8 Å². The van der Waals surface area contributed by atoms with E-state index in [0.29, 0.717) is 19.0 Å². The van der Waals surface area contributed by atoms with Gasteiger partial charge in [0.1, 0.15) is 17.7 Å². The molecule has 1 aliphatic heterocycles. The molecule has 0 amide bonds. The number of anilines is 3. The lowest BCUT2D eigenvalue weighted by Gasteiger charge is -2.33. The van der Waals surface area contributed by atoms with Crippen LogP contribution < -0.4 is 19.7 Å². The van der Waals surface area contributed by atoms with Crippen molar-refractivity contribution in [1.29, 1.82) is 0 Å². The molecule has 38 heavy (non-hydrogen) atoms. The molecule has 2 aromatic carbocycles. The molecule has 0 radical (unpaired) electrons. The number of nitrogens with one attached hydrogen (secondary N) is 2. The van der Waals surface area contributed by atoms with Crippen molar-refractivity contribution >= 4 is 34.3 Å². The van der Waals surface area contributed by atoms with Crippen LogP contribution in [0.5, 0.6) is 11.5 Å². The highest BCUT2D eigenvalue weighted by atomic mass is 16.5. The van der Waals surface area contributed by atoms with Gasteiger partial charge in [-0.15, -0.1) is 0 Å². The maximum atomic E-state index is 11.7. The maximum Gasteiger partial charge on any atom is 0.313 e. The van der Waals surface area contributed by atoms with Crippen LogP contribution in [0.2, 0.25) is 0 Å². The van der Waals surface area contributed by atoms with E-state index in [1.54, 1.807) is 26.2 Å². The van der Waals surface area contributed by atoms with Crippen LogP contribution in [0.15, 0.2) is 60.9 Å². The fourth-order valence-electron chi connectivity index (χ4n) is 4.66. The minimum atomic E-state index is -0.972. The second kappa shape index (κ2) is 10.6. The van der Waals surface area contributed by atoms with Crippen LogP contribution >= 0.6 is 0 Å². The first-order chi connectivity index (χ1) is 18.3. The van der Waals surface area contributed by atoms with Gasteiger partial charge in [0.05, 0.1) is 31.0 Å². The fraction of sp³-hybridized carbons (Fsp3) is 0.345. The molecule has 1 saturated heterocycles. The molecule has 3 heterocycles. The average Bonchev–Trinajstić information content (AvgIpc) is 3.32. The highest BCUT2D eigenvalue weighted by Gasteiger charge is 2.29. The Hall–Kier alpha value is -4.27. The molecule has 3 N–H and O–H groups in total. The van der Waals surface area contributed by atoms with Gasteiger partial charge in [0.2, 0.25) is 0 Å². The summed E-state index contributed by atoms with van der Waals surface area (Å²) in [5.74, 6) is 2.81. The van der Waals surface area contributed by atoms with E-state index in [1.807, 2.05) is 55.5 Å². The summed E-state index contributed by atoms with van der Waals surface area (Å²) >= 11 is 0. The third-order valence-electron chi connectivity index (χ3n) is 6.91. The first-order valence-corrected chi connectivity index (χ1v) is 12.9. The number of rotatable bonds is 9. The number of carboxylic acids is 1. The number of hydrogen-bond donors (Lipinski definition) is 3. The van der Waals surface area contributed by atoms with Crippen molar-refractivity contribution in [3.63, 3.8) is 0 Å². The standard InChI is InChI=1S/C29H33N5O4/c1-4-37-23-9-5-6-10-24(23)38-21-8-7-13-34(18-21)27-17-30-16-26(33-27)32-25-15-19-14-20(11-12-22(19)31-25)29(2,3)28(35)36/h5-6,9-12,14-17,21,31H,4,7-8,13,18H2,1-3H3,(H,32,33)(H,35,36)/t21-/m1/s1. The molecule has 0 spiro atoms. The van der Waals surface area contributed by atoms with Gasteiger partial charge in [0.15, 0.2) is 17.3 Å². The monoisotopic (exact) mass is 515 g/mol. The maximum absolute atomic E-state index is 11.7. The first-order valence-electron chi connectivity index (χ1n) is 12.9. The molecule has 0 bridgehead atoms. The van der Waals surface area contributed by atoms with Crippen molar-refractivity contribution in [2.45, 2.75) is 45.1 Å². The SMILES string of the molecule is CCOc1ccccc1O[C@@H]1CCCN(c2cncc(Nc3cc4cc(C(C)(C)C(=O)O)ccc4[nH]3)n2)C1. The molecular weight excluding hydrogens is 482 g/mol. The minimum Gasteiger partial charge on any atom is -0.490 e. The molecule has 0 saturated carbocycles. The zero-order valence-electron chi connectivity index (χ0n) is 21.9. The Morgan fingerprint density at radius 2 is 2.00 bits per heavy atom. The van der Waals surface area contributed by atoms with E-state index >= 15 is 0 Å². The van der Waals surface area contributed by atoms with E-state index in [1.165, 1.54) is 0 Å². The fourth-order valence-corrected chi connectivity index (χ4v) is 4.66. The molecule has 5 rings (SSSR count). The van der Waals surface area contributed by atoms with Crippen molar-refractivity contribution in [1.82, 2.24) is 15.0 Å². The Morgan fingerprint density at radius 1 is 1.18 bits per heavy atom. The van der Waals surface area contributed by atoms with Gasteiger partial charge in [-0.3, -0.25) is 9.78 Å². The molecule has 4 aromatic rings. The molecule has 1 atom stereocenters. The Morgan fingerprint density at radius 3 is 2.79 bits per heavy atom. The quantitative estimate of drug-likeness (QED) is 0.267. The summed E-state index contributed by atoms with van der Waals surface area (Å²) in [5, 5.41) is 13.8. The second-order valence-corrected chi connectivity index (χ2v) is 10.0. The molecule has 1 fully saturated rings. The van der Waals surface area contributed by atoms with Crippen LogP contribution in [0.1, 0.15) is 39.2 Å². The van der Waals surface area contributed by atoms with Crippen molar-refractivity contribution < 1.29 is 19.4 Å². The number of piperidine rings is 1. The Balaban J connectivity index is 1.29. The van der Waals surface area contributed by atoms with E-state index in [0.717, 1.165) is 59.0 Å². The third-order valence-corrected chi connectivity index (χ3v) is 6.91. The summed E-state index contributed by atoms with van der Waals surface area (Å²) in [6.07, 6.45) is 5.41. The average molecular weight is 516 g/mol. The lowest BCUT2D eigenvalue weighted by atomic mass is 9.84. The third kappa shape index (κ3) is 5.37. The van der Waals surface area contributed by atoms with Crippen molar-refractivity contribution in [3.05, 3.63) is 66.5 Å². The molecule has 0 aliphatic carbocycles. The minimum absolute atomic E-state index is 0.0155. The summed E-state index contributed by atoms with van der Waals surface area (Å²) < 4.78 is 12.0. The van der Waals surface area contributed by atoms with Crippen LogP contribution in [-0.4, -0.2) is 51.8 Å². The van der Waals surface area contributed by atoms with Gasteiger partial charge in [-0.05, 0) is 69.5 Å². The predicted octanol–water partition coefficient (Wildman–Crippen LogP) is 5.51. The number of nitrogens with zero attached hydrogens (tertiary/aromatic N) is 3. The van der Waals surface area contributed by atoms with Gasteiger partial charge >= 0.3 is 5.97 Å². The molecular formula is C29H33N5O4. The number of carboxylic acid groups (broad SMARTS) is 1. The van der Waals surface area contributed by atoms with Gasteiger partial charge in [0, 0.05) is 17.4 Å². The lowest BCUT2D eigenvalue weighted by molar-refractivity contribution is -0.142. The molecule has 0 unspecified atom stereocenters. The normalized spacial score (nSPS) is 15.9. The van der Waals surface area contributed by atoms with Gasteiger partial charge in [-0.25, -0.2) is 4.98 Å². The summed E-state index contributed by atoms with van der Waals surface area (Å²) in [6, 6.07) is 15.4. The van der Waals surface area contributed by atoms with Crippen molar-refractivity contribution in [3.8, 4) is 11.5 Å². The Kier molecular flexibility index (Phi) is 7.09. The van der Waals surface area contributed by atoms with Crippen LogP contribution in [0.25, 0.3) is 10.9 Å². The van der Waals surface area contributed by atoms with E-state index in [9.17, 15) is 9.90 Å². The van der Waals surface area contributed by atoms with Gasteiger partial charge in [-0.1, -0.05) is 18.2 Å². The number of aromatic nitrogens is 3. The van der Waals surface area contributed by atoms with Crippen LogP contribution in [0.3, 0.4) is 0 Å². The number of aromatic amines is 1. The summed E-state index contributed by atoms with van der Waals surface area (Å²) in [6.45, 7) is 7.54. The first kappa shape index (κ1) is 25.4. The van der Waals surface area contributed by atoms with Gasteiger partial charge in [-0.2, -0.15) is 0 Å². The largest absolute Gasteiger partial charge is 0.490 e. The number of H-pyrrole nitrogens is 1. The van der Waals surface area contributed by atoms with Crippen LogP contribution in [0.4, 0.5) is 17.5 Å². The predicted molar refractivity (Wildman–Crippen MR) is 148 cm³/mol. The topological polar surface area (TPSA) is 113 Å². The molecule has 1 aliphatic rings. The molecule has 9 nitrogen and oxygen atoms in total. The van der Waals surface area contributed by atoms with Crippen LogP contribution in [-0.2, 0) is 10.2 Å². The molecule has 9 heteroatoms. The lowest BCUT2D eigenvalue weighted by Crippen LogP contribution is -2.41. The number of fused-ring (bicyclic) bond motifs is 1. The van der Waals surface area contributed by atoms with E-state index in [2.05, 4.69) is 20.2 Å². The van der Waals surface area contributed by atoms with Crippen molar-refractivity contribution in [2.24, 2.45) is 0 Å². The van der Waals surface area contributed by atoms with Crippen LogP contribution in [0, 0.1) is 0 Å². The van der Waals surface area contributed by atoms with E-state index in [4.69, 9.17) is 14.5 Å². The Labute approximate surface area is 221 Å². The number of para-hydroxylation sites is 2. The van der Waals surface area contributed by atoms with E-state index in [-0.39, 0.29) is 6.10 Å². The van der Waals surface area contributed by atoms with Gasteiger partial charge in [0.25, 0.3) is 0 Å². The summed E-state index contributed by atoms with van der Waals surface area (Å²) in [7, 11) is 0. The highest BCUT2D eigenvalue weighted by Crippen LogP contribution is 2.31. The number of aliphatic carboxylic acids is 1. The number of hydrogen-bond acceptors (Lipinski definition) is 7. The molecule has 2 aromatic heterocycles.